The Bertz CT molecular complexity index is 1790. The molecule has 2 aromatic carbocycles. The number of benzene rings is 2. The van der Waals surface area contributed by atoms with Crippen LogP contribution in [0.15, 0.2) is 73.2 Å². The Hall–Kier alpha value is -4.91. The zero-order chi connectivity index (χ0) is 33.6. The van der Waals surface area contributed by atoms with Crippen LogP contribution in [0.5, 0.6) is 0 Å². The van der Waals surface area contributed by atoms with Gasteiger partial charge in [-0.15, -0.1) is 0 Å². The van der Waals surface area contributed by atoms with Gasteiger partial charge in [0.25, 0.3) is 11.8 Å². The molecule has 2 aliphatic heterocycles. The van der Waals surface area contributed by atoms with Crippen LogP contribution in [0.3, 0.4) is 0 Å². The van der Waals surface area contributed by atoms with Crippen molar-refractivity contribution in [2.24, 2.45) is 5.41 Å². The van der Waals surface area contributed by atoms with Crippen molar-refractivity contribution in [1.82, 2.24) is 35.3 Å². The Morgan fingerprint density at radius 3 is 2.47 bits per heavy atom. The average Bonchev–Trinajstić information content (AvgIpc) is 3.63. The number of hydrogen-bond donors (Lipinski definition) is 3. The lowest BCUT2D eigenvalue weighted by Gasteiger charge is -2.38. The third-order valence-electron chi connectivity index (χ3n) is 8.11. The number of guanidine groups is 1. The molecule has 2 aromatic heterocycles. The summed E-state index contributed by atoms with van der Waals surface area (Å²) in [5.74, 6) is -3.25. The van der Waals surface area contributed by atoms with Crippen molar-refractivity contribution >= 4 is 29.6 Å². The lowest BCUT2D eigenvalue weighted by Crippen LogP contribution is -2.58. The largest absolute Gasteiger partial charge is 0.447 e. The first-order valence-electron chi connectivity index (χ1n) is 14.9. The van der Waals surface area contributed by atoms with Gasteiger partial charge in [-0.25, -0.2) is 18.6 Å². The van der Waals surface area contributed by atoms with Crippen molar-refractivity contribution in [3.63, 3.8) is 0 Å². The molecule has 2 fully saturated rings. The molecule has 2 atom stereocenters. The van der Waals surface area contributed by atoms with Crippen molar-refractivity contribution in [1.29, 1.82) is 5.41 Å². The van der Waals surface area contributed by atoms with Crippen molar-refractivity contribution < 1.29 is 23.1 Å². The Balaban J connectivity index is 1.39. The fraction of sp³-hybridized carbons (Fsp3) is 0.333. The van der Waals surface area contributed by atoms with Crippen LogP contribution in [-0.2, 0) is 15.1 Å². The molecule has 4 aromatic rings. The van der Waals surface area contributed by atoms with Gasteiger partial charge in [-0.1, -0.05) is 68.8 Å². The van der Waals surface area contributed by atoms with Crippen LogP contribution in [0.25, 0.3) is 22.6 Å². The number of nitrogens with one attached hydrogen (secondary N) is 3. The molecular weight excluding hydrogens is 630 g/mol. The first kappa shape index (κ1) is 32.0. The van der Waals surface area contributed by atoms with E-state index in [9.17, 15) is 18.4 Å². The molecule has 4 heterocycles. The molecule has 244 valence electrons. The fourth-order valence-corrected chi connectivity index (χ4v) is 6.27. The normalized spacial score (nSPS) is 19.7. The van der Waals surface area contributed by atoms with Crippen LogP contribution in [-0.4, -0.2) is 73.5 Å². The third kappa shape index (κ3) is 6.39. The molecule has 47 heavy (non-hydrogen) atoms. The van der Waals surface area contributed by atoms with E-state index in [1.54, 1.807) is 24.4 Å². The topological polar surface area (TPSA) is 140 Å². The van der Waals surface area contributed by atoms with E-state index < -0.39 is 49.2 Å². The Kier molecular flexibility index (Phi) is 8.20. The van der Waals surface area contributed by atoms with Crippen molar-refractivity contribution in [3.8, 4) is 22.6 Å². The highest BCUT2D eigenvalue weighted by Gasteiger charge is 2.55. The average molecular weight is 663 g/mol. The molecule has 0 aliphatic carbocycles. The van der Waals surface area contributed by atoms with Crippen LogP contribution in [0, 0.1) is 10.8 Å². The molecule has 11 nitrogen and oxygen atoms in total. The summed E-state index contributed by atoms with van der Waals surface area (Å²) in [5, 5.41) is 19.3. The quantitative estimate of drug-likeness (QED) is 0.210. The van der Waals surface area contributed by atoms with Gasteiger partial charge in [-0.2, -0.15) is 5.10 Å². The maximum Gasteiger partial charge on any atom is 0.410 e. The smallest absolute Gasteiger partial charge is 0.410 e. The molecular formula is C33H33ClF2N8O3. The minimum absolute atomic E-state index is 0.208. The number of H-pyrrole nitrogens is 1. The molecule has 0 saturated carbocycles. The molecule has 0 spiro atoms. The minimum atomic E-state index is -2.98. The number of aromatic nitrogens is 4. The van der Waals surface area contributed by atoms with E-state index in [4.69, 9.17) is 21.7 Å². The van der Waals surface area contributed by atoms with Crippen molar-refractivity contribution in [3.05, 3.63) is 89.3 Å². The molecule has 0 unspecified atom stereocenters. The monoisotopic (exact) mass is 662 g/mol. The van der Waals surface area contributed by atoms with Crippen molar-refractivity contribution in [2.75, 3.05) is 19.7 Å². The highest BCUT2D eigenvalue weighted by atomic mass is 35.5. The second-order valence-corrected chi connectivity index (χ2v) is 13.4. The zero-order valence-electron chi connectivity index (χ0n) is 25.9. The number of carbonyl (C=O) groups is 2. The summed E-state index contributed by atoms with van der Waals surface area (Å²) in [6.45, 7) is 4.08. The van der Waals surface area contributed by atoms with Gasteiger partial charge in [0.1, 0.15) is 18.5 Å². The number of halogens is 3. The van der Waals surface area contributed by atoms with Crippen LogP contribution in [0.2, 0.25) is 5.02 Å². The number of likely N-dealkylation sites (tertiary alicyclic amines) is 1. The number of pyridine rings is 1. The zero-order valence-corrected chi connectivity index (χ0v) is 26.7. The highest BCUT2D eigenvalue weighted by Crippen LogP contribution is 2.43. The van der Waals surface area contributed by atoms with E-state index in [-0.39, 0.29) is 11.4 Å². The maximum absolute atomic E-state index is 14.8. The second-order valence-electron chi connectivity index (χ2n) is 13.0. The predicted molar refractivity (Wildman–Crippen MR) is 171 cm³/mol. The van der Waals surface area contributed by atoms with Crippen LogP contribution in [0.1, 0.15) is 44.4 Å². The van der Waals surface area contributed by atoms with Gasteiger partial charge >= 0.3 is 6.09 Å². The Labute approximate surface area is 274 Å². The summed E-state index contributed by atoms with van der Waals surface area (Å²) < 4.78 is 32.5. The summed E-state index contributed by atoms with van der Waals surface area (Å²) >= 11 is 6.50. The summed E-state index contributed by atoms with van der Waals surface area (Å²) in [6, 6.07) is 17.0. The maximum atomic E-state index is 14.8. The Morgan fingerprint density at radius 1 is 1.11 bits per heavy atom. The SMILES string of the molecule is CC(C)(C)C[C@]1(c2ccc(-c3ccccn3)cc2)NC(=N)N([C@H](COC(=O)N2CC(F)(F)C2)c2ccc(Cl)c(-c3ncn[nH]3)c2)C1=O. The van der Waals surface area contributed by atoms with Gasteiger partial charge in [-0.3, -0.25) is 30.1 Å². The van der Waals surface area contributed by atoms with E-state index in [2.05, 4.69) is 25.5 Å². The molecule has 2 saturated heterocycles. The number of carbonyl (C=O) groups excluding carboxylic acids is 2. The van der Waals surface area contributed by atoms with Gasteiger partial charge in [0.15, 0.2) is 11.8 Å². The number of ether oxygens (including phenoxy) is 1. The van der Waals surface area contributed by atoms with Crippen LogP contribution >= 0.6 is 11.6 Å². The van der Waals surface area contributed by atoms with E-state index >= 15 is 0 Å². The lowest BCUT2D eigenvalue weighted by molar-refractivity contribution is -0.135. The lowest BCUT2D eigenvalue weighted by atomic mass is 9.75. The van der Waals surface area contributed by atoms with Gasteiger partial charge < -0.3 is 10.1 Å². The fourth-order valence-electron chi connectivity index (χ4n) is 6.06. The first-order valence-corrected chi connectivity index (χ1v) is 15.3. The molecule has 0 bridgehead atoms. The van der Waals surface area contributed by atoms with Crippen LogP contribution < -0.4 is 5.32 Å². The number of hydrogen-bond acceptors (Lipinski definition) is 7. The molecule has 6 rings (SSSR count). The summed E-state index contributed by atoms with van der Waals surface area (Å²) in [6.07, 6.45) is 2.41. The van der Waals surface area contributed by atoms with E-state index in [1.165, 1.54) is 11.2 Å². The molecule has 2 aliphatic rings. The molecule has 0 radical (unpaired) electrons. The van der Waals surface area contributed by atoms with Crippen LogP contribution in [0.4, 0.5) is 13.6 Å². The minimum Gasteiger partial charge on any atom is -0.447 e. The van der Waals surface area contributed by atoms with Gasteiger partial charge in [0.05, 0.1) is 29.8 Å². The van der Waals surface area contributed by atoms with Gasteiger partial charge in [-0.05, 0) is 47.2 Å². The summed E-state index contributed by atoms with van der Waals surface area (Å²) in [5.41, 5.74) is 1.50. The van der Waals surface area contributed by atoms with E-state index in [0.717, 1.165) is 16.2 Å². The van der Waals surface area contributed by atoms with Gasteiger partial charge in [0.2, 0.25) is 0 Å². The number of aromatic amines is 1. The molecule has 14 heteroatoms. The van der Waals surface area contributed by atoms with Gasteiger partial charge in [0, 0.05) is 17.3 Å². The first-order chi connectivity index (χ1) is 22.3. The van der Waals surface area contributed by atoms with E-state index in [1.807, 2.05) is 63.2 Å². The second kappa shape index (κ2) is 12.0. The van der Waals surface area contributed by atoms with Crippen molar-refractivity contribution in [2.45, 2.75) is 44.7 Å². The summed E-state index contributed by atoms with van der Waals surface area (Å²) in [7, 11) is 0. The number of alkyl halides is 2. The third-order valence-corrected chi connectivity index (χ3v) is 8.44. The molecule has 3 N–H and O–H groups in total. The standard InChI is InChI=1S/C33H33ClF2N8O3/c1-31(2,3)16-33(22-10-7-20(8-11-22)25-6-4-5-13-38-25)28(45)44(29(37)41-33)26(15-47-30(46)43-17-32(35,36)18-43)21-9-12-24(34)23(14-21)27-39-19-40-42-27/h4-14,19,26H,15-18H2,1-3H3,(H2,37,41)(H,39,40,42)/t26-,33-/m1/s1. The molecule has 2 amide bonds. The Morgan fingerprint density at radius 2 is 1.85 bits per heavy atom. The predicted octanol–water partition coefficient (Wildman–Crippen LogP) is 6.01. The van der Waals surface area contributed by atoms with E-state index in [0.29, 0.717) is 34.0 Å². The highest BCUT2D eigenvalue weighted by molar-refractivity contribution is 6.33. The number of rotatable bonds is 8. The summed E-state index contributed by atoms with van der Waals surface area (Å²) in [4.78, 5) is 38.3. The number of nitrogens with zero attached hydrogens (tertiary/aromatic N) is 5. The number of amides is 2.